The summed E-state index contributed by atoms with van der Waals surface area (Å²) in [5.74, 6) is 0.744. The Balaban J connectivity index is 0.00000119. The van der Waals surface area contributed by atoms with Gasteiger partial charge in [0.1, 0.15) is 5.00 Å². The Morgan fingerprint density at radius 1 is 1.12 bits per heavy atom. The van der Waals surface area contributed by atoms with E-state index in [0.717, 1.165) is 57.0 Å². The van der Waals surface area contributed by atoms with Gasteiger partial charge in [-0.2, -0.15) is 9.47 Å². The number of aryl methyl sites for hydroxylation is 3. The number of imidazole rings is 1. The second kappa shape index (κ2) is 9.79. The van der Waals surface area contributed by atoms with E-state index >= 15 is 0 Å². The minimum Gasteiger partial charge on any atom is -0.328 e. The first kappa shape index (κ1) is 22.4. The Kier molecular flexibility index (Phi) is 6.86. The Hall–Kier alpha value is -2.78. The van der Waals surface area contributed by atoms with Crippen LogP contribution in [0.5, 0.6) is 0 Å². The molecule has 5 heterocycles. The van der Waals surface area contributed by atoms with Gasteiger partial charge in [-0.15, -0.1) is 0 Å². The van der Waals surface area contributed by atoms with E-state index in [1.807, 2.05) is 47.0 Å². The molecular formula is C23H32N8S. The minimum absolute atomic E-state index is 0.744. The maximum absolute atomic E-state index is 4.71. The number of rotatable bonds is 5. The molecule has 9 heteroatoms. The van der Waals surface area contributed by atoms with Gasteiger partial charge in [0.25, 0.3) is 0 Å². The van der Waals surface area contributed by atoms with Crippen LogP contribution in [-0.2, 0) is 6.54 Å². The summed E-state index contributed by atoms with van der Waals surface area (Å²) in [7, 11) is 0. The van der Waals surface area contributed by atoms with Crippen LogP contribution in [0.3, 0.4) is 0 Å². The fraction of sp³-hybridized carbons (Fsp3) is 0.478. The monoisotopic (exact) mass is 452 g/mol. The summed E-state index contributed by atoms with van der Waals surface area (Å²) < 4.78 is 6.74. The van der Waals surface area contributed by atoms with Gasteiger partial charge in [-0.1, -0.05) is 20.3 Å². The van der Waals surface area contributed by atoms with Crippen LogP contribution in [0.1, 0.15) is 55.9 Å². The van der Waals surface area contributed by atoms with Gasteiger partial charge in [-0.3, -0.25) is 14.4 Å². The smallest absolute Gasteiger partial charge is 0.180 e. The first-order valence-electron chi connectivity index (χ1n) is 11.4. The topological polar surface area (TPSA) is 87.0 Å². The van der Waals surface area contributed by atoms with E-state index in [0.29, 0.717) is 0 Å². The lowest BCUT2D eigenvalue weighted by Crippen LogP contribution is -2.29. The van der Waals surface area contributed by atoms with Gasteiger partial charge in [-0.05, 0) is 64.3 Å². The van der Waals surface area contributed by atoms with Crippen molar-refractivity contribution >= 4 is 28.0 Å². The van der Waals surface area contributed by atoms with Crippen molar-refractivity contribution in [3.63, 3.8) is 0 Å². The van der Waals surface area contributed by atoms with E-state index in [9.17, 15) is 0 Å². The number of H-pyrrole nitrogens is 1. The van der Waals surface area contributed by atoms with Crippen molar-refractivity contribution in [2.75, 3.05) is 18.4 Å². The van der Waals surface area contributed by atoms with Crippen LogP contribution >= 0.6 is 11.5 Å². The highest BCUT2D eigenvalue weighted by molar-refractivity contribution is 7.10. The van der Waals surface area contributed by atoms with Gasteiger partial charge in [-0.25, -0.2) is 9.97 Å². The van der Waals surface area contributed by atoms with E-state index in [1.165, 1.54) is 43.9 Å². The summed E-state index contributed by atoms with van der Waals surface area (Å²) in [4.78, 5) is 11.9. The number of aromatic amines is 1. The maximum atomic E-state index is 4.71. The van der Waals surface area contributed by atoms with Crippen molar-refractivity contribution < 1.29 is 0 Å². The van der Waals surface area contributed by atoms with Crippen molar-refractivity contribution in [3.8, 4) is 11.3 Å². The molecule has 0 aromatic carbocycles. The number of nitrogens with one attached hydrogen (secondary N) is 2. The standard InChI is InChI=1S/C21H26N8S.C2H6/c1-13-11-29-17(19-14(2)25-26-15(19)3)10-22-21(29)20(23-13)24-18-9-16(27-30-18)12-28-7-5-4-6-8-28;1-2/h9-11H,4-8,12H2,1-3H3,(H,23,24)(H,25,26);1-2H3. The number of piperidine rings is 1. The molecule has 1 saturated heterocycles. The van der Waals surface area contributed by atoms with E-state index in [2.05, 4.69) is 40.2 Å². The van der Waals surface area contributed by atoms with Gasteiger partial charge in [0.2, 0.25) is 0 Å². The number of nitrogens with zero attached hydrogens (tertiary/aromatic N) is 6. The quantitative estimate of drug-likeness (QED) is 0.430. The molecule has 4 aromatic rings. The predicted molar refractivity (Wildman–Crippen MR) is 131 cm³/mol. The molecule has 0 radical (unpaired) electrons. The first-order chi connectivity index (χ1) is 15.6. The van der Waals surface area contributed by atoms with Crippen LogP contribution < -0.4 is 5.32 Å². The summed E-state index contributed by atoms with van der Waals surface area (Å²) in [6.45, 7) is 13.3. The molecule has 8 nitrogen and oxygen atoms in total. The molecule has 32 heavy (non-hydrogen) atoms. The molecule has 2 N–H and O–H groups in total. The third kappa shape index (κ3) is 4.54. The van der Waals surface area contributed by atoms with Crippen molar-refractivity contribution in [2.45, 2.75) is 60.4 Å². The molecule has 1 aliphatic heterocycles. The Morgan fingerprint density at radius 3 is 2.62 bits per heavy atom. The van der Waals surface area contributed by atoms with E-state index < -0.39 is 0 Å². The lowest BCUT2D eigenvalue weighted by atomic mass is 10.1. The Morgan fingerprint density at radius 2 is 1.91 bits per heavy atom. The molecule has 0 bridgehead atoms. The number of hydrogen-bond acceptors (Lipinski definition) is 7. The van der Waals surface area contributed by atoms with E-state index in [-0.39, 0.29) is 0 Å². The molecule has 0 spiro atoms. The van der Waals surface area contributed by atoms with Crippen LogP contribution in [0, 0.1) is 20.8 Å². The molecule has 5 rings (SSSR count). The highest BCUT2D eigenvalue weighted by atomic mass is 32.1. The molecule has 1 aliphatic rings. The van der Waals surface area contributed by atoms with E-state index in [4.69, 9.17) is 4.98 Å². The average Bonchev–Trinajstić information content (AvgIpc) is 3.50. The number of hydrogen-bond donors (Lipinski definition) is 2. The lowest BCUT2D eigenvalue weighted by Gasteiger charge is -2.25. The van der Waals surface area contributed by atoms with Crippen molar-refractivity contribution in [1.82, 2.24) is 33.8 Å². The molecular weight excluding hydrogens is 420 g/mol. The lowest BCUT2D eigenvalue weighted by molar-refractivity contribution is 0.219. The fourth-order valence-electron chi connectivity index (χ4n) is 4.21. The second-order valence-electron chi connectivity index (χ2n) is 8.02. The number of aromatic nitrogens is 6. The van der Waals surface area contributed by atoms with Crippen LogP contribution in [0.4, 0.5) is 10.8 Å². The van der Waals surface area contributed by atoms with Crippen LogP contribution in [0.25, 0.3) is 16.9 Å². The summed E-state index contributed by atoms with van der Waals surface area (Å²) in [5, 5.41) is 11.8. The number of likely N-dealkylation sites (tertiary alicyclic amines) is 1. The van der Waals surface area contributed by atoms with Gasteiger partial charge in [0, 0.05) is 24.0 Å². The summed E-state index contributed by atoms with van der Waals surface area (Å²) in [6, 6.07) is 2.13. The van der Waals surface area contributed by atoms with Gasteiger partial charge in [0.15, 0.2) is 11.5 Å². The molecule has 0 atom stereocenters. The SMILES string of the molecule is CC.Cc1cn2c(-c3c(C)n[nH]c3C)cnc2c(Nc2cc(CN3CCCCC3)ns2)n1. The zero-order valence-corrected chi connectivity index (χ0v) is 20.4. The third-order valence-electron chi connectivity index (χ3n) is 5.63. The van der Waals surface area contributed by atoms with Crippen LogP contribution in [0.2, 0.25) is 0 Å². The molecule has 0 aliphatic carbocycles. The minimum atomic E-state index is 0.744. The summed E-state index contributed by atoms with van der Waals surface area (Å²) in [6.07, 6.45) is 7.83. The van der Waals surface area contributed by atoms with Crippen molar-refractivity contribution in [1.29, 1.82) is 0 Å². The zero-order valence-electron chi connectivity index (χ0n) is 19.6. The van der Waals surface area contributed by atoms with Gasteiger partial charge in [0.05, 0.1) is 29.0 Å². The fourth-order valence-corrected chi connectivity index (χ4v) is 4.87. The zero-order chi connectivity index (χ0) is 22.7. The second-order valence-corrected chi connectivity index (χ2v) is 8.83. The Bertz CT molecular complexity index is 1160. The molecule has 0 amide bonds. The Labute approximate surface area is 193 Å². The highest BCUT2D eigenvalue weighted by Gasteiger charge is 2.18. The molecule has 4 aromatic heterocycles. The maximum Gasteiger partial charge on any atom is 0.180 e. The first-order valence-corrected chi connectivity index (χ1v) is 12.2. The average molecular weight is 453 g/mol. The largest absolute Gasteiger partial charge is 0.328 e. The number of fused-ring (bicyclic) bond motifs is 1. The van der Waals surface area contributed by atoms with Crippen LogP contribution in [0.15, 0.2) is 18.5 Å². The van der Waals surface area contributed by atoms with Gasteiger partial charge >= 0.3 is 0 Å². The third-order valence-corrected chi connectivity index (χ3v) is 6.37. The van der Waals surface area contributed by atoms with E-state index in [1.54, 1.807) is 0 Å². The molecule has 0 unspecified atom stereocenters. The van der Waals surface area contributed by atoms with Crippen LogP contribution in [-0.4, -0.2) is 46.9 Å². The number of anilines is 2. The predicted octanol–water partition coefficient (Wildman–Crippen LogP) is 5.26. The molecule has 170 valence electrons. The summed E-state index contributed by atoms with van der Waals surface area (Å²) in [5.41, 5.74) is 6.91. The highest BCUT2D eigenvalue weighted by Crippen LogP contribution is 2.30. The normalized spacial score (nSPS) is 14.4. The molecule has 1 fully saturated rings. The molecule has 0 saturated carbocycles. The summed E-state index contributed by atoms with van der Waals surface area (Å²) >= 11 is 1.48. The van der Waals surface area contributed by atoms with Gasteiger partial charge < -0.3 is 5.32 Å². The van der Waals surface area contributed by atoms with Crippen molar-refractivity contribution in [3.05, 3.63) is 41.2 Å². The van der Waals surface area contributed by atoms with Crippen molar-refractivity contribution in [2.24, 2.45) is 0 Å².